The molecule has 0 fully saturated rings. The van der Waals surface area contributed by atoms with Crippen molar-refractivity contribution < 1.29 is 4.39 Å². The summed E-state index contributed by atoms with van der Waals surface area (Å²) in [7, 11) is 0. The molecule has 1 aromatic rings. The molecule has 2 N–H and O–H groups in total. The van der Waals surface area contributed by atoms with Gasteiger partial charge >= 0.3 is 0 Å². The number of rotatable bonds is 2. The summed E-state index contributed by atoms with van der Waals surface area (Å²) < 4.78 is 13.0. The third kappa shape index (κ3) is 2.35. The molecule has 0 aromatic heterocycles. The smallest absolute Gasteiger partial charge is 0.126 e. The van der Waals surface area contributed by atoms with Gasteiger partial charge < -0.3 is 5.73 Å². The number of allylic oxidation sites excluding steroid dienone is 1. The lowest BCUT2D eigenvalue weighted by Crippen LogP contribution is -2.01. The van der Waals surface area contributed by atoms with E-state index in [-0.39, 0.29) is 5.82 Å². The number of aryl methyl sites for hydroxylation is 1. The lowest BCUT2D eigenvalue weighted by molar-refractivity contribution is 0.618. The molecule has 2 nitrogen and oxygen atoms in total. The van der Waals surface area contributed by atoms with Gasteiger partial charge in [-0.05, 0) is 42.7 Å². The number of hydrogen-bond acceptors (Lipinski definition) is 2. The maximum absolute atomic E-state index is 13.0. The van der Waals surface area contributed by atoms with Crippen molar-refractivity contribution in [1.29, 1.82) is 5.26 Å². The predicted octanol–water partition coefficient (Wildman–Crippen LogP) is 2.74. The molecule has 0 radical (unpaired) electrons. The Balaban J connectivity index is 3.24. The largest absolute Gasteiger partial charge is 0.397 e. The highest BCUT2D eigenvalue weighted by atomic mass is 19.1. The maximum atomic E-state index is 13.0. The third-order valence-corrected chi connectivity index (χ3v) is 2.28. The fraction of sp³-hybridized carbons (Fsp3) is 0.250. The molecule has 0 saturated carbocycles. The number of nitrogens with zero attached hydrogens (tertiary/aromatic N) is 1. The van der Waals surface area contributed by atoms with Crippen molar-refractivity contribution in [3.05, 3.63) is 40.7 Å². The summed E-state index contributed by atoms with van der Waals surface area (Å²) in [5, 5.41) is 8.82. The second-order valence-corrected chi connectivity index (χ2v) is 3.32. The Kier molecular flexibility index (Phi) is 3.46. The van der Waals surface area contributed by atoms with Gasteiger partial charge in [0.25, 0.3) is 0 Å². The van der Waals surface area contributed by atoms with Crippen LogP contribution >= 0.6 is 0 Å². The minimum atomic E-state index is -0.262. The van der Waals surface area contributed by atoms with Gasteiger partial charge in [-0.1, -0.05) is 6.92 Å². The molecule has 0 aliphatic heterocycles. The Morgan fingerprint density at radius 3 is 2.67 bits per heavy atom. The molecule has 3 heteroatoms. The van der Waals surface area contributed by atoms with Gasteiger partial charge in [-0.15, -0.1) is 0 Å². The zero-order chi connectivity index (χ0) is 11.4. The first-order chi connectivity index (χ1) is 7.10. The maximum Gasteiger partial charge on any atom is 0.126 e. The van der Waals surface area contributed by atoms with Gasteiger partial charge in [0.2, 0.25) is 0 Å². The van der Waals surface area contributed by atoms with Crippen molar-refractivity contribution in [3.8, 4) is 6.07 Å². The van der Waals surface area contributed by atoms with Gasteiger partial charge in [0.05, 0.1) is 17.3 Å². The molecular weight excluding hydrogens is 191 g/mol. The topological polar surface area (TPSA) is 49.8 Å². The van der Waals surface area contributed by atoms with Gasteiger partial charge in [0.1, 0.15) is 5.82 Å². The molecule has 1 rings (SSSR count). The van der Waals surface area contributed by atoms with Crippen molar-refractivity contribution in [2.45, 2.75) is 20.3 Å². The fourth-order valence-corrected chi connectivity index (χ4v) is 1.32. The molecule has 0 aliphatic rings. The molecule has 15 heavy (non-hydrogen) atoms. The predicted molar refractivity (Wildman–Crippen MR) is 58.1 cm³/mol. The van der Waals surface area contributed by atoms with Crippen LogP contribution in [0.25, 0.3) is 5.70 Å². The van der Waals surface area contributed by atoms with Crippen LogP contribution in [0.2, 0.25) is 0 Å². The summed E-state index contributed by atoms with van der Waals surface area (Å²) in [4.78, 5) is 0. The number of nitrogens with two attached hydrogens (primary N) is 1. The third-order valence-electron chi connectivity index (χ3n) is 2.28. The molecule has 0 bridgehead atoms. The van der Waals surface area contributed by atoms with Crippen LogP contribution in [-0.4, -0.2) is 0 Å². The van der Waals surface area contributed by atoms with Gasteiger partial charge in [-0.3, -0.25) is 0 Å². The monoisotopic (exact) mass is 204 g/mol. The van der Waals surface area contributed by atoms with Crippen LogP contribution in [0.5, 0.6) is 0 Å². The van der Waals surface area contributed by atoms with Crippen LogP contribution in [0.15, 0.2) is 23.8 Å². The van der Waals surface area contributed by atoms with E-state index in [0.717, 1.165) is 0 Å². The van der Waals surface area contributed by atoms with Crippen molar-refractivity contribution in [1.82, 2.24) is 0 Å². The second kappa shape index (κ2) is 4.61. The van der Waals surface area contributed by atoms with Crippen molar-refractivity contribution in [2.75, 3.05) is 0 Å². The van der Waals surface area contributed by atoms with E-state index >= 15 is 0 Å². The molecule has 1 aromatic carbocycles. The molecule has 0 heterocycles. The summed E-state index contributed by atoms with van der Waals surface area (Å²) in [5.41, 5.74) is 8.01. The zero-order valence-corrected chi connectivity index (χ0v) is 8.84. The van der Waals surface area contributed by atoms with Crippen LogP contribution < -0.4 is 5.73 Å². The standard InChI is InChI=1S/C12H13FN2/c1-3-9(7-14)12(15)10-4-5-11(13)8(2)6-10/h4-6H,3,15H2,1-2H3/b12-9-. The Morgan fingerprint density at radius 1 is 1.53 bits per heavy atom. The lowest BCUT2D eigenvalue weighted by atomic mass is 10.0. The van der Waals surface area contributed by atoms with Crippen molar-refractivity contribution >= 4 is 5.70 Å². The fourth-order valence-electron chi connectivity index (χ4n) is 1.32. The average Bonchev–Trinajstić information content (AvgIpc) is 2.23. The first-order valence-electron chi connectivity index (χ1n) is 4.75. The van der Waals surface area contributed by atoms with Crippen LogP contribution in [0.3, 0.4) is 0 Å². The normalized spacial score (nSPS) is 11.9. The summed E-state index contributed by atoms with van der Waals surface area (Å²) in [6.07, 6.45) is 0.582. The summed E-state index contributed by atoms with van der Waals surface area (Å²) in [5.74, 6) is -0.262. The minimum Gasteiger partial charge on any atom is -0.397 e. The Labute approximate surface area is 88.8 Å². The number of halogens is 1. The molecular formula is C12H13FN2. The number of nitriles is 1. The number of benzene rings is 1. The van der Waals surface area contributed by atoms with Gasteiger partial charge in [-0.25, -0.2) is 4.39 Å². The average molecular weight is 204 g/mol. The molecule has 0 atom stereocenters. The highest BCUT2D eigenvalue weighted by Crippen LogP contribution is 2.18. The van der Waals surface area contributed by atoms with Crippen molar-refractivity contribution in [2.24, 2.45) is 5.73 Å². The molecule has 0 amide bonds. The Bertz CT molecular complexity index is 441. The lowest BCUT2D eigenvalue weighted by Gasteiger charge is -2.05. The van der Waals surface area contributed by atoms with E-state index in [1.54, 1.807) is 19.1 Å². The zero-order valence-electron chi connectivity index (χ0n) is 8.84. The Hall–Kier alpha value is -1.82. The van der Waals surface area contributed by atoms with Gasteiger partial charge in [0, 0.05) is 0 Å². The minimum absolute atomic E-state index is 0.262. The van der Waals surface area contributed by atoms with E-state index in [1.807, 2.05) is 13.0 Å². The van der Waals surface area contributed by atoms with E-state index < -0.39 is 0 Å². The summed E-state index contributed by atoms with van der Waals surface area (Å²) in [6.45, 7) is 3.53. The van der Waals surface area contributed by atoms with Crippen molar-refractivity contribution in [3.63, 3.8) is 0 Å². The van der Waals surface area contributed by atoms with Crippen LogP contribution in [0.4, 0.5) is 4.39 Å². The summed E-state index contributed by atoms with van der Waals surface area (Å²) >= 11 is 0. The first kappa shape index (κ1) is 11.3. The van der Waals surface area contributed by atoms with Gasteiger partial charge in [0.15, 0.2) is 0 Å². The quantitative estimate of drug-likeness (QED) is 0.753. The SMILES string of the molecule is CC/C(C#N)=C(/N)c1ccc(F)c(C)c1. The Morgan fingerprint density at radius 2 is 2.20 bits per heavy atom. The highest BCUT2D eigenvalue weighted by Gasteiger charge is 2.05. The van der Waals surface area contributed by atoms with E-state index in [1.165, 1.54) is 6.07 Å². The van der Waals surface area contributed by atoms with E-state index in [2.05, 4.69) is 0 Å². The molecule has 0 saturated heterocycles. The number of hydrogen-bond donors (Lipinski definition) is 1. The summed E-state index contributed by atoms with van der Waals surface area (Å²) in [6, 6.07) is 6.65. The van der Waals surface area contributed by atoms with Crippen LogP contribution in [0.1, 0.15) is 24.5 Å². The molecule has 0 spiro atoms. The molecule has 78 valence electrons. The second-order valence-electron chi connectivity index (χ2n) is 3.32. The van der Waals surface area contributed by atoms with E-state index in [9.17, 15) is 4.39 Å². The van der Waals surface area contributed by atoms with Gasteiger partial charge in [-0.2, -0.15) is 5.26 Å². The highest BCUT2D eigenvalue weighted by molar-refractivity contribution is 5.69. The van der Waals surface area contributed by atoms with E-state index in [4.69, 9.17) is 11.0 Å². The molecule has 0 aliphatic carbocycles. The van der Waals surface area contributed by atoms with E-state index in [0.29, 0.717) is 28.8 Å². The molecule has 0 unspecified atom stereocenters. The van der Waals surface area contributed by atoms with Crippen LogP contribution in [-0.2, 0) is 0 Å². The van der Waals surface area contributed by atoms with Crippen LogP contribution in [0, 0.1) is 24.1 Å². The first-order valence-corrected chi connectivity index (χ1v) is 4.75.